The van der Waals surface area contributed by atoms with Gasteiger partial charge in [-0.3, -0.25) is 0 Å². The second-order valence-electron chi connectivity index (χ2n) is 2.74. The van der Waals surface area contributed by atoms with Crippen LogP contribution in [0.3, 0.4) is 0 Å². The monoisotopic (exact) mass is 367 g/mol. The van der Waals surface area contributed by atoms with Crippen LogP contribution in [0, 0.1) is 5.82 Å². The van der Waals surface area contributed by atoms with Crippen LogP contribution in [-0.2, 0) is 0 Å². The molecule has 0 fully saturated rings. The predicted molar refractivity (Wildman–Crippen MR) is 48.4 cm³/mol. The summed E-state index contributed by atoms with van der Waals surface area (Å²) < 4.78 is 15.4. The van der Waals surface area contributed by atoms with Crippen LogP contribution in [0.25, 0.3) is 10.9 Å². The third-order valence-corrected chi connectivity index (χ3v) is 3.74. The number of aromatic nitrogens is 1. The van der Waals surface area contributed by atoms with E-state index in [0.29, 0.717) is 37.7 Å². The zero-order valence-electron chi connectivity index (χ0n) is 6.70. The Kier molecular flexibility index (Phi) is 2.19. The second-order valence-corrected chi connectivity index (χ2v) is 4.91. The molecule has 62 valence electrons. The summed E-state index contributed by atoms with van der Waals surface area (Å²) in [5, 5.41) is 0.534. The fourth-order valence-corrected chi connectivity index (χ4v) is 2.52. The van der Waals surface area contributed by atoms with Crippen molar-refractivity contribution in [3.05, 3.63) is 35.8 Å². The molecule has 1 aromatic carbocycles. The van der Waals surface area contributed by atoms with Gasteiger partial charge in [0.15, 0.2) is 0 Å². The zero-order chi connectivity index (χ0) is 9.42. The van der Waals surface area contributed by atoms with E-state index in [1.807, 2.05) is 8.57 Å². The molecular formula is C9H5FNOTl. The van der Waals surface area contributed by atoms with E-state index in [4.69, 9.17) is 0 Å². The number of hydrogen-bond acceptors (Lipinski definition) is 1. The first-order valence-corrected chi connectivity index (χ1v) is 5.74. The van der Waals surface area contributed by atoms with Gasteiger partial charge in [-0.15, -0.1) is 0 Å². The summed E-state index contributed by atoms with van der Waals surface area (Å²) in [6.07, 6.45) is 2.38. The van der Waals surface area contributed by atoms with Crippen molar-refractivity contribution in [1.29, 1.82) is 0 Å². The molecule has 0 bridgehead atoms. The first-order chi connectivity index (χ1) is 6.24. The molecule has 0 radical (unpaired) electrons. The molecule has 4 heteroatoms. The Morgan fingerprint density at radius 3 is 2.85 bits per heavy atom. The number of rotatable bonds is 1. The molecular weight excluding hydrogens is 361 g/mol. The molecule has 0 saturated carbocycles. The van der Waals surface area contributed by atoms with Gasteiger partial charge < -0.3 is 0 Å². The molecule has 1 aromatic heterocycles. The van der Waals surface area contributed by atoms with Gasteiger partial charge in [0, 0.05) is 0 Å². The summed E-state index contributed by atoms with van der Waals surface area (Å²) in [5.74, 6) is -0.410. The summed E-state index contributed by atoms with van der Waals surface area (Å²) >= 11 is 0.615. The van der Waals surface area contributed by atoms with Crippen molar-refractivity contribution in [2.45, 2.75) is 0 Å². The fraction of sp³-hybridized carbons (Fsp3) is 0. The van der Waals surface area contributed by atoms with Crippen LogP contribution < -0.4 is 0 Å². The molecule has 0 N–H and O–H groups in total. The number of carbonyl (C=O) groups is 1. The van der Waals surface area contributed by atoms with E-state index in [9.17, 15) is 9.18 Å². The van der Waals surface area contributed by atoms with Crippen LogP contribution in [0.1, 0.15) is 10.4 Å². The first kappa shape index (κ1) is 8.86. The van der Waals surface area contributed by atoms with E-state index in [2.05, 4.69) is 0 Å². The molecule has 0 aliphatic carbocycles. The zero-order valence-corrected chi connectivity index (χ0v) is 11.2. The van der Waals surface area contributed by atoms with Gasteiger partial charge in [0.1, 0.15) is 0 Å². The van der Waals surface area contributed by atoms with Gasteiger partial charge in [-0.2, -0.15) is 0 Å². The van der Waals surface area contributed by atoms with Gasteiger partial charge in [0.2, 0.25) is 0 Å². The molecule has 13 heavy (non-hydrogen) atoms. The van der Waals surface area contributed by atoms with Gasteiger partial charge >= 0.3 is 90.6 Å². The van der Waals surface area contributed by atoms with E-state index in [1.54, 1.807) is 12.1 Å². The Morgan fingerprint density at radius 2 is 2.15 bits per heavy atom. The maximum absolute atomic E-state index is 13.5. The normalized spacial score (nSPS) is 10.5. The van der Waals surface area contributed by atoms with E-state index in [0.717, 1.165) is 5.52 Å². The standard InChI is InChI=1S/C9H6FNO.Tl/c10-9-6(5-12)1-2-8-7(9)3-4-11-8;/h1-5H,(H,11,12);/q;+1/p-1. The maximum atomic E-state index is 13.5. The summed E-state index contributed by atoms with van der Waals surface area (Å²) in [4.78, 5) is 10.4. The van der Waals surface area contributed by atoms with Crippen LogP contribution in [0.4, 0.5) is 4.39 Å². The average molecular weight is 367 g/mol. The van der Waals surface area contributed by atoms with Crippen LogP contribution >= 0.6 is 0 Å². The first-order valence-electron chi connectivity index (χ1n) is 3.74. The van der Waals surface area contributed by atoms with Gasteiger partial charge in [-0.25, -0.2) is 0 Å². The fourth-order valence-electron chi connectivity index (χ4n) is 1.31. The molecule has 0 atom stereocenters. The van der Waals surface area contributed by atoms with Crippen molar-refractivity contribution < 1.29 is 9.18 Å². The summed E-state index contributed by atoms with van der Waals surface area (Å²) in [6.45, 7) is 0. The summed E-state index contributed by atoms with van der Waals surface area (Å²) in [7, 11) is 0. The second kappa shape index (κ2) is 3.21. The molecule has 1 heterocycles. The van der Waals surface area contributed by atoms with Gasteiger partial charge in [0.05, 0.1) is 0 Å². The van der Waals surface area contributed by atoms with Crippen LogP contribution in [0.2, 0.25) is 0 Å². The Labute approximate surface area is 90.5 Å². The van der Waals surface area contributed by atoms with Crippen molar-refractivity contribution in [3.8, 4) is 0 Å². The predicted octanol–water partition coefficient (Wildman–Crippen LogP) is 1.52. The van der Waals surface area contributed by atoms with E-state index >= 15 is 0 Å². The SMILES string of the molecule is O=Cc1ccc2c(cc[n]2[Tl])c1F. The van der Waals surface area contributed by atoms with Crippen molar-refractivity contribution >= 4 is 43.3 Å². The summed E-state index contributed by atoms with van der Waals surface area (Å²) in [6, 6.07) is 5.00. The Hall–Kier alpha value is -0.718. The molecule has 0 aliphatic rings. The van der Waals surface area contributed by atoms with Crippen molar-refractivity contribution in [1.82, 2.24) is 2.38 Å². The van der Waals surface area contributed by atoms with Crippen LogP contribution in [0.5, 0.6) is 0 Å². The third-order valence-electron chi connectivity index (χ3n) is 1.99. The summed E-state index contributed by atoms with van der Waals surface area (Å²) in [5.41, 5.74) is 0.997. The van der Waals surface area contributed by atoms with Crippen LogP contribution in [0.15, 0.2) is 24.4 Å². The van der Waals surface area contributed by atoms with Gasteiger partial charge in [-0.1, -0.05) is 0 Å². The number of hydrogen-bond donors (Lipinski definition) is 0. The molecule has 0 saturated heterocycles. The van der Waals surface area contributed by atoms with Crippen molar-refractivity contribution in [2.24, 2.45) is 0 Å². The number of fused-ring (bicyclic) bond motifs is 1. The molecule has 2 rings (SSSR count). The molecule has 0 amide bonds. The molecule has 0 unspecified atom stereocenters. The topological polar surface area (TPSA) is 22.0 Å². The molecule has 0 aliphatic heterocycles. The van der Waals surface area contributed by atoms with E-state index < -0.39 is 5.82 Å². The minimum atomic E-state index is -0.410. The number of nitrogens with zero attached hydrogens (tertiary/aromatic N) is 1. The minimum absolute atomic E-state index is 0.128. The Balaban J connectivity index is 2.87. The van der Waals surface area contributed by atoms with Gasteiger partial charge in [-0.05, 0) is 0 Å². The quantitative estimate of drug-likeness (QED) is 0.554. The number of aldehydes is 1. The van der Waals surface area contributed by atoms with E-state index in [1.165, 1.54) is 6.07 Å². The third kappa shape index (κ3) is 1.31. The number of benzene rings is 1. The Morgan fingerprint density at radius 1 is 1.38 bits per heavy atom. The molecule has 2 nitrogen and oxygen atoms in total. The van der Waals surface area contributed by atoms with Crippen molar-refractivity contribution in [3.63, 3.8) is 0 Å². The molecule has 2 aromatic rings. The number of carbonyl (C=O) groups excluding carboxylic acids is 1. The molecule has 0 spiro atoms. The average Bonchev–Trinajstić information content (AvgIpc) is 2.50. The van der Waals surface area contributed by atoms with Crippen LogP contribution in [-0.4, -0.2) is 34.7 Å². The number of halogens is 1. The van der Waals surface area contributed by atoms with E-state index in [-0.39, 0.29) is 5.56 Å². The van der Waals surface area contributed by atoms with Crippen molar-refractivity contribution in [2.75, 3.05) is 0 Å². The Bertz CT molecular complexity index is 478. The van der Waals surface area contributed by atoms with Gasteiger partial charge in [0.25, 0.3) is 0 Å².